The molecule has 2 fully saturated rings. The third kappa shape index (κ3) is 7.12. The van der Waals surface area contributed by atoms with Gasteiger partial charge in [0.25, 0.3) is 0 Å². The van der Waals surface area contributed by atoms with Gasteiger partial charge in [0.1, 0.15) is 41.7 Å². The molecule has 0 radical (unpaired) electrons. The van der Waals surface area contributed by atoms with Crippen molar-refractivity contribution in [3.63, 3.8) is 0 Å². The SMILES string of the molecule is CC1CC(N2CC(CC#N)(n3cc(-c4ncnc5c4ccn5COCC[Si](C)(C)C)cn3)C2)CCN1Cc1ccc(N(C)C)c(C#N)c1F. The van der Waals surface area contributed by atoms with Gasteiger partial charge in [-0.15, -0.1) is 0 Å². The van der Waals surface area contributed by atoms with Gasteiger partial charge < -0.3 is 14.2 Å². The predicted molar refractivity (Wildman–Crippen MR) is 191 cm³/mol. The summed E-state index contributed by atoms with van der Waals surface area (Å²) in [5.41, 5.74) is 3.39. The van der Waals surface area contributed by atoms with Crippen LogP contribution in [0.25, 0.3) is 22.3 Å². The summed E-state index contributed by atoms with van der Waals surface area (Å²) < 4.78 is 25.3. The summed E-state index contributed by atoms with van der Waals surface area (Å²) in [5.74, 6) is -0.423. The maximum absolute atomic E-state index is 15.3. The lowest BCUT2D eigenvalue weighted by Gasteiger charge is -2.54. The van der Waals surface area contributed by atoms with E-state index < -0.39 is 19.4 Å². The molecule has 1 aromatic carbocycles. The maximum Gasteiger partial charge on any atom is 0.147 e. The van der Waals surface area contributed by atoms with Gasteiger partial charge in [-0.2, -0.15) is 15.6 Å². The van der Waals surface area contributed by atoms with Gasteiger partial charge in [0, 0.05) is 95.9 Å². The lowest BCUT2D eigenvalue weighted by molar-refractivity contribution is -0.0520. The molecule has 13 heteroatoms. The third-order valence-electron chi connectivity index (χ3n) is 10.2. The second kappa shape index (κ2) is 14.0. The zero-order valence-electron chi connectivity index (χ0n) is 29.5. The standard InChI is InChI=1S/C36H47FN10OSi/c1-26-17-29(9-13-44(26)20-27-7-8-32(43(2)3)31(18-39)33(27)37)46-22-36(23-46,11-12-38)47-21-28(19-42-47)34-30-10-14-45(35(30)41-24-40-34)25-48-15-16-49(4,5)6/h7-8,10,14,19,21,24,26,29H,9,11,13,15-17,20,22-23,25H2,1-6H3. The van der Waals surface area contributed by atoms with E-state index in [0.717, 1.165) is 67.4 Å². The molecule has 2 aliphatic rings. The van der Waals surface area contributed by atoms with E-state index in [1.54, 1.807) is 17.3 Å². The zero-order valence-corrected chi connectivity index (χ0v) is 30.5. The first-order chi connectivity index (χ1) is 23.4. The minimum atomic E-state index is -1.16. The van der Waals surface area contributed by atoms with Gasteiger partial charge in [0.05, 0.1) is 30.1 Å². The molecular formula is C36H47FN10OSi. The first-order valence-electron chi connectivity index (χ1n) is 17.1. The summed E-state index contributed by atoms with van der Waals surface area (Å²) in [6.45, 7) is 13.2. The highest BCUT2D eigenvalue weighted by Crippen LogP contribution is 2.38. The number of halogens is 1. The van der Waals surface area contributed by atoms with Crippen molar-refractivity contribution in [2.45, 2.75) is 82.8 Å². The van der Waals surface area contributed by atoms with Gasteiger partial charge in [0.2, 0.25) is 0 Å². The number of rotatable bonds is 12. The molecule has 2 atom stereocenters. The monoisotopic (exact) mass is 682 g/mol. The highest BCUT2D eigenvalue weighted by atomic mass is 28.3. The molecule has 11 nitrogen and oxygen atoms in total. The lowest BCUT2D eigenvalue weighted by atomic mass is 9.83. The molecule has 2 saturated heterocycles. The van der Waals surface area contributed by atoms with E-state index in [2.05, 4.69) is 58.5 Å². The first kappa shape index (κ1) is 34.7. The van der Waals surface area contributed by atoms with E-state index in [1.807, 2.05) is 54.1 Å². The van der Waals surface area contributed by atoms with Crippen molar-refractivity contribution in [3.8, 4) is 23.4 Å². The number of hydrogen-bond donors (Lipinski definition) is 0. The Hall–Kier alpha value is -4.14. The molecule has 0 amide bonds. The fourth-order valence-corrected chi connectivity index (χ4v) is 7.98. The summed E-state index contributed by atoms with van der Waals surface area (Å²) >= 11 is 0. The molecule has 2 unspecified atom stereocenters. The van der Waals surface area contributed by atoms with Gasteiger partial charge in [-0.3, -0.25) is 14.5 Å². The van der Waals surface area contributed by atoms with Crippen LogP contribution in [0.1, 0.15) is 37.3 Å². The van der Waals surface area contributed by atoms with Crippen LogP contribution < -0.4 is 4.90 Å². The van der Waals surface area contributed by atoms with E-state index >= 15 is 4.39 Å². The van der Waals surface area contributed by atoms with Crippen molar-refractivity contribution in [2.75, 3.05) is 45.2 Å². The second-order valence-electron chi connectivity index (χ2n) is 15.2. The van der Waals surface area contributed by atoms with Gasteiger partial charge in [0.15, 0.2) is 0 Å². The van der Waals surface area contributed by atoms with Gasteiger partial charge >= 0.3 is 0 Å². The molecule has 0 saturated carbocycles. The Balaban J connectivity index is 1.10. The highest BCUT2D eigenvalue weighted by Gasteiger charge is 2.48. The van der Waals surface area contributed by atoms with Gasteiger partial charge in [-0.25, -0.2) is 14.4 Å². The van der Waals surface area contributed by atoms with Crippen molar-refractivity contribution >= 4 is 24.8 Å². The summed E-state index contributed by atoms with van der Waals surface area (Å²) in [5, 5.41) is 25.2. The molecule has 6 rings (SSSR count). The largest absolute Gasteiger partial charge is 0.377 e. The average molecular weight is 683 g/mol. The summed E-state index contributed by atoms with van der Waals surface area (Å²) in [6.07, 6.45) is 9.73. The molecule has 0 spiro atoms. The van der Waals surface area contributed by atoms with Crippen LogP contribution in [0.3, 0.4) is 0 Å². The summed E-state index contributed by atoms with van der Waals surface area (Å²) in [6, 6.07) is 11.9. The Morgan fingerprint density at radius 3 is 2.63 bits per heavy atom. The predicted octanol–water partition coefficient (Wildman–Crippen LogP) is 5.66. The normalized spacial score (nSPS) is 19.8. The van der Waals surface area contributed by atoms with Crippen LogP contribution in [-0.2, 0) is 23.6 Å². The molecule has 0 aliphatic carbocycles. The Morgan fingerprint density at radius 2 is 1.94 bits per heavy atom. The molecule has 2 aliphatic heterocycles. The number of piperidine rings is 1. The van der Waals surface area contributed by atoms with Crippen LogP contribution >= 0.6 is 0 Å². The van der Waals surface area contributed by atoms with Crippen molar-refractivity contribution in [1.29, 1.82) is 10.5 Å². The molecule has 49 heavy (non-hydrogen) atoms. The molecule has 0 bridgehead atoms. The fourth-order valence-electron chi connectivity index (χ4n) is 7.23. The fraction of sp³-hybridized carbons (Fsp3) is 0.528. The Kier molecular flexibility index (Phi) is 9.92. The number of anilines is 1. The number of nitrogens with zero attached hydrogens (tertiary/aromatic N) is 10. The van der Waals surface area contributed by atoms with Crippen LogP contribution in [0.4, 0.5) is 10.1 Å². The van der Waals surface area contributed by atoms with Crippen LogP contribution in [0.15, 0.2) is 43.1 Å². The zero-order chi connectivity index (χ0) is 34.9. The maximum atomic E-state index is 15.3. The van der Waals surface area contributed by atoms with E-state index in [9.17, 15) is 10.5 Å². The number of hydrogen-bond acceptors (Lipinski definition) is 9. The number of likely N-dealkylation sites (tertiary alicyclic amines) is 2. The number of aromatic nitrogens is 5. The average Bonchev–Trinajstić information content (AvgIpc) is 3.70. The minimum absolute atomic E-state index is 0.0987. The highest BCUT2D eigenvalue weighted by molar-refractivity contribution is 6.76. The first-order valence-corrected chi connectivity index (χ1v) is 20.8. The van der Waals surface area contributed by atoms with Crippen molar-refractivity contribution in [2.24, 2.45) is 0 Å². The van der Waals surface area contributed by atoms with E-state index in [1.165, 1.54) is 0 Å². The topological polar surface area (TPSA) is 115 Å². The number of ether oxygens (including phenoxy) is 1. The van der Waals surface area contributed by atoms with Crippen molar-refractivity contribution in [1.82, 2.24) is 34.1 Å². The quantitative estimate of drug-likeness (QED) is 0.138. The number of benzene rings is 1. The smallest absolute Gasteiger partial charge is 0.147 e. The Labute approximate surface area is 289 Å². The minimum Gasteiger partial charge on any atom is -0.377 e. The van der Waals surface area contributed by atoms with Crippen molar-refractivity contribution in [3.05, 3.63) is 60.1 Å². The molecule has 4 aromatic rings. The van der Waals surface area contributed by atoms with E-state index in [4.69, 9.17) is 9.84 Å². The Morgan fingerprint density at radius 1 is 1.14 bits per heavy atom. The number of nitriles is 2. The lowest BCUT2D eigenvalue weighted by Crippen LogP contribution is -2.66. The van der Waals surface area contributed by atoms with Crippen LogP contribution in [0, 0.1) is 28.5 Å². The number of fused-ring (bicyclic) bond motifs is 1. The summed E-state index contributed by atoms with van der Waals surface area (Å²) in [7, 11) is 2.47. The molecule has 0 N–H and O–H groups in total. The van der Waals surface area contributed by atoms with Gasteiger partial charge in [-0.1, -0.05) is 25.7 Å². The third-order valence-corrected chi connectivity index (χ3v) is 11.9. The van der Waals surface area contributed by atoms with Crippen LogP contribution in [0.2, 0.25) is 25.7 Å². The van der Waals surface area contributed by atoms with Crippen molar-refractivity contribution < 1.29 is 9.13 Å². The van der Waals surface area contributed by atoms with E-state index in [0.29, 0.717) is 37.0 Å². The van der Waals surface area contributed by atoms with E-state index in [-0.39, 0.29) is 11.6 Å². The Bertz CT molecular complexity index is 1880. The van der Waals surface area contributed by atoms with Crippen LogP contribution in [0.5, 0.6) is 0 Å². The van der Waals surface area contributed by atoms with Crippen LogP contribution in [-0.4, -0.2) is 94.6 Å². The van der Waals surface area contributed by atoms with Gasteiger partial charge in [-0.05, 0) is 37.9 Å². The molecular weight excluding hydrogens is 636 g/mol. The second-order valence-corrected chi connectivity index (χ2v) is 20.8. The molecule has 258 valence electrons. The molecule has 3 aromatic heterocycles. The summed E-state index contributed by atoms with van der Waals surface area (Å²) in [4.78, 5) is 15.7. The molecule has 5 heterocycles.